The van der Waals surface area contributed by atoms with Crippen molar-refractivity contribution in [3.8, 4) is 0 Å². The molecule has 0 aromatic heterocycles. The maximum absolute atomic E-state index is 5.84. The fourth-order valence-corrected chi connectivity index (χ4v) is 2.26. The SMILES string of the molecule is Cc1ccccc1CCNC(=S)Nc1ccc(Cl)cc1. The number of aryl methyl sites for hydroxylation is 1. The Morgan fingerprint density at radius 2 is 1.80 bits per heavy atom. The second-order valence-electron chi connectivity index (χ2n) is 4.56. The van der Waals surface area contributed by atoms with Crippen LogP contribution in [-0.2, 0) is 6.42 Å². The number of hydrogen-bond donors (Lipinski definition) is 2. The van der Waals surface area contributed by atoms with Crippen molar-refractivity contribution in [2.24, 2.45) is 0 Å². The first-order valence-electron chi connectivity index (χ1n) is 6.50. The van der Waals surface area contributed by atoms with E-state index in [1.54, 1.807) is 0 Å². The maximum Gasteiger partial charge on any atom is 0.170 e. The molecule has 0 aliphatic rings. The minimum Gasteiger partial charge on any atom is -0.362 e. The van der Waals surface area contributed by atoms with Gasteiger partial charge in [-0.25, -0.2) is 0 Å². The van der Waals surface area contributed by atoms with E-state index in [4.69, 9.17) is 23.8 Å². The Bertz CT molecular complexity index is 581. The summed E-state index contributed by atoms with van der Waals surface area (Å²) in [5, 5.41) is 7.68. The van der Waals surface area contributed by atoms with Crippen LogP contribution in [0, 0.1) is 6.92 Å². The van der Waals surface area contributed by atoms with Crippen molar-refractivity contribution >= 4 is 34.6 Å². The molecule has 2 N–H and O–H groups in total. The van der Waals surface area contributed by atoms with Crippen LogP contribution in [0.15, 0.2) is 48.5 Å². The summed E-state index contributed by atoms with van der Waals surface area (Å²) in [5.74, 6) is 0. The first-order valence-corrected chi connectivity index (χ1v) is 7.29. The van der Waals surface area contributed by atoms with Crippen LogP contribution in [-0.4, -0.2) is 11.7 Å². The van der Waals surface area contributed by atoms with Gasteiger partial charge < -0.3 is 10.6 Å². The summed E-state index contributed by atoms with van der Waals surface area (Å²) in [6, 6.07) is 15.9. The second kappa shape index (κ2) is 7.27. The zero-order valence-corrected chi connectivity index (χ0v) is 12.9. The van der Waals surface area contributed by atoms with Gasteiger partial charge in [-0.3, -0.25) is 0 Å². The van der Waals surface area contributed by atoms with Gasteiger partial charge in [-0.1, -0.05) is 35.9 Å². The molecule has 0 saturated carbocycles. The van der Waals surface area contributed by atoms with Gasteiger partial charge in [-0.05, 0) is 61.0 Å². The summed E-state index contributed by atoms with van der Waals surface area (Å²) in [7, 11) is 0. The molecular formula is C16H17ClN2S. The molecule has 0 aliphatic heterocycles. The van der Waals surface area contributed by atoms with Gasteiger partial charge in [0.05, 0.1) is 0 Å². The molecule has 0 amide bonds. The highest BCUT2D eigenvalue weighted by Crippen LogP contribution is 2.13. The lowest BCUT2D eigenvalue weighted by molar-refractivity contribution is 0.868. The Labute approximate surface area is 130 Å². The summed E-state index contributed by atoms with van der Waals surface area (Å²) < 4.78 is 0. The predicted molar refractivity (Wildman–Crippen MR) is 90.6 cm³/mol. The highest BCUT2D eigenvalue weighted by atomic mass is 35.5. The third-order valence-corrected chi connectivity index (χ3v) is 3.54. The molecule has 0 radical (unpaired) electrons. The van der Waals surface area contributed by atoms with Gasteiger partial charge in [0, 0.05) is 17.3 Å². The van der Waals surface area contributed by atoms with Crippen molar-refractivity contribution < 1.29 is 0 Å². The highest BCUT2D eigenvalue weighted by Gasteiger charge is 1.99. The van der Waals surface area contributed by atoms with Gasteiger partial charge in [-0.15, -0.1) is 0 Å². The van der Waals surface area contributed by atoms with Crippen LogP contribution < -0.4 is 10.6 Å². The highest BCUT2D eigenvalue weighted by molar-refractivity contribution is 7.80. The molecule has 0 aliphatic carbocycles. The molecular weight excluding hydrogens is 288 g/mol. The Balaban J connectivity index is 1.78. The number of benzene rings is 2. The van der Waals surface area contributed by atoms with Crippen LogP contribution in [0.25, 0.3) is 0 Å². The van der Waals surface area contributed by atoms with Crippen LogP contribution in [0.1, 0.15) is 11.1 Å². The molecule has 0 fully saturated rings. The van der Waals surface area contributed by atoms with E-state index in [9.17, 15) is 0 Å². The lowest BCUT2D eigenvalue weighted by atomic mass is 10.1. The van der Waals surface area contributed by atoms with E-state index in [2.05, 4.69) is 41.8 Å². The molecule has 2 aromatic carbocycles. The summed E-state index contributed by atoms with van der Waals surface area (Å²) in [4.78, 5) is 0. The second-order valence-corrected chi connectivity index (χ2v) is 5.41. The molecule has 20 heavy (non-hydrogen) atoms. The number of thiocarbonyl (C=S) groups is 1. The number of rotatable bonds is 4. The van der Waals surface area contributed by atoms with Crippen molar-refractivity contribution in [3.63, 3.8) is 0 Å². The summed E-state index contributed by atoms with van der Waals surface area (Å²) in [6.07, 6.45) is 0.953. The molecule has 2 aromatic rings. The first kappa shape index (κ1) is 14.8. The smallest absolute Gasteiger partial charge is 0.170 e. The Morgan fingerprint density at radius 1 is 1.10 bits per heavy atom. The van der Waals surface area contributed by atoms with Crippen molar-refractivity contribution in [1.82, 2.24) is 5.32 Å². The quantitative estimate of drug-likeness (QED) is 0.829. The fraction of sp³-hybridized carbons (Fsp3) is 0.188. The van der Waals surface area contributed by atoms with Gasteiger partial charge in [0.2, 0.25) is 0 Å². The molecule has 0 bridgehead atoms. The van der Waals surface area contributed by atoms with Crippen LogP contribution in [0.3, 0.4) is 0 Å². The van der Waals surface area contributed by atoms with Gasteiger partial charge in [-0.2, -0.15) is 0 Å². The summed E-state index contributed by atoms with van der Waals surface area (Å²) in [6.45, 7) is 2.93. The maximum atomic E-state index is 5.84. The predicted octanol–water partition coefficient (Wildman–Crippen LogP) is 4.18. The molecule has 0 heterocycles. The first-order chi connectivity index (χ1) is 9.65. The summed E-state index contributed by atoms with van der Waals surface area (Å²) in [5.41, 5.74) is 3.59. The molecule has 104 valence electrons. The minimum absolute atomic E-state index is 0.626. The van der Waals surface area contributed by atoms with Crippen molar-refractivity contribution in [3.05, 3.63) is 64.7 Å². The Hall–Kier alpha value is -1.58. The van der Waals surface area contributed by atoms with Crippen LogP contribution in [0.2, 0.25) is 5.02 Å². The lowest BCUT2D eigenvalue weighted by Crippen LogP contribution is -2.30. The monoisotopic (exact) mass is 304 g/mol. The Morgan fingerprint density at radius 3 is 2.50 bits per heavy atom. The van der Waals surface area contributed by atoms with Crippen molar-refractivity contribution in [2.75, 3.05) is 11.9 Å². The number of hydrogen-bond acceptors (Lipinski definition) is 1. The molecule has 0 spiro atoms. The van der Waals surface area contributed by atoms with Gasteiger partial charge >= 0.3 is 0 Å². The van der Waals surface area contributed by atoms with E-state index >= 15 is 0 Å². The lowest BCUT2D eigenvalue weighted by Gasteiger charge is -2.11. The van der Waals surface area contributed by atoms with E-state index in [0.717, 1.165) is 18.7 Å². The van der Waals surface area contributed by atoms with Gasteiger partial charge in [0.1, 0.15) is 0 Å². The number of halogens is 1. The van der Waals surface area contributed by atoms with Crippen LogP contribution in [0.5, 0.6) is 0 Å². The number of nitrogens with one attached hydrogen (secondary N) is 2. The zero-order valence-electron chi connectivity index (χ0n) is 11.3. The van der Waals surface area contributed by atoms with Crippen molar-refractivity contribution in [1.29, 1.82) is 0 Å². The topological polar surface area (TPSA) is 24.1 Å². The van der Waals surface area contributed by atoms with Gasteiger partial charge in [0.25, 0.3) is 0 Å². The van der Waals surface area contributed by atoms with Gasteiger partial charge in [0.15, 0.2) is 5.11 Å². The standard InChI is InChI=1S/C16H17ClN2S/c1-12-4-2-3-5-13(12)10-11-18-16(20)19-15-8-6-14(17)7-9-15/h2-9H,10-11H2,1H3,(H2,18,19,20). The van der Waals surface area contributed by atoms with Crippen molar-refractivity contribution in [2.45, 2.75) is 13.3 Å². The molecule has 0 saturated heterocycles. The molecule has 2 rings (SSSR count). The molecule has 0 atom stereocenters. The third-order valence-electron chi connectivity index (χ3n) is 3.04. The normalized spacial score (nSPS) is 10.1. The largest absolute Gasteiger partial charge is 0.362 e. The van der Waals surface area contributed by atoms with Crippen LogP contribution >= 0.6 is 23.8 Å². The zero-order chi connectivity index (χ0) is 14.4. The average Bonchev–Trinajstić information content (AvgIpc) is 2.43. The van der Waals surface area contributed by atoms with Crippen LogP contribution in [0.4, 0.5) is 5.69 Å². The van der Waals surface area contributed by atoms with E-state index in [1.807, 2.05) is 24.3 Å². The van der Waals surface area contributed by atoms with E-state index < -0.39 is 0 Å². The molecule has 4 heteroatoms. The molecule has 2 nitrogen and oxygen atoms in total. The summed E-state index contributed by atoms with van der Waals surface area (Å²) >= 11 is 11.1. The van der Waals surface area contributed by atoms with E-state index in [0.29, 0.717) is 10.1 Å². The van der Waals surface area contributed by atoms with E-state index in [1.165, 1.54) is 11.1 Å². The third kappa shape index (κ3) is 4.51. The minimum atomic E-state index is 0.626. The number of anilines is 1. The Kier molecular flexibility index (Phi) is 5.39. The van der Waals surface area contributed by atoms with E-state index in [-0.39, 0.29) is 0 Å². The molecule has 0 unspecified atom stereocenters. The average molecular weight is 305 g/mol. The fourth-order valence-electron chi connectivity index (χ4n) is 1.91.